The van der Waals surface area contributed by atoms with Crippen LogP contribution in [0.4, 0.5) is 0 Å². The van der Waals surface area contributed by atoms with Crippen LogP contribution in [-0.2, 0) is 6.42 Å². The van der Waals surface area contributed by atoms with Gasteiger partial charge in [0.2, 0.25) is 0 Å². The summed E-state index contributed by atoms with van der Waals surface area (Å²) in [6.45, 7) is 6.50. The van der Waals surface area contributed by atoms with E-state index in [1.165, 1.54) is 0 Å². The summed E-state index contributed by atoms with van der Waals surface area (Å²) in [4.78, 5) is 0. The summed E-state index contributed by atoms with van der Waals surface area (Å²) in [6, 6.07) is 3.65. The highest BCUT2D eigenvalue weighted by atomic mass is 35.5. The van der Waals surface area contributed by atoms with E-state index in [1.807, 2.05) is 6.07 Å². The predicted molar refractivity (Wildman–Crippen MR) is 66.2 cm³/mol. The molecule has 1 aromatic rings. The monoisotopic (exact) mass is 246 g/mol. The first-order valence-electron chi connectivity index (χ1n) is 4.85. The molecule has 0 unspecified atom stereocenters. The number of halogens is 2. The smallest absolute Gasteiger partial charge is 0.138 e. The summed E-state index contributed by atoms with van der Waals surface area (Å²) >= 11 is 12.2. The fourth-order valence-electron chi connectivity index (χ4n) is 1.43. The lowest BCUT2D eigenvalue weighted by atomic mass is 9.88. The molecular weight excluding hydrogens is 231 g/mol. The molecule has 0 aliphatic rings. The average molecular weight is 247 g/mol. The minimum absolute atomic E-state index is 0.196. The molecule has 0 heterocycles. The lowest BCUT2D eigenvalue weighted by Crippen LogP contribution is -2.09. The number of rotatable bonds is 2. The molecule has 0 aliphatic heterocycles. The molecule has 0 amide bonds. The van der Waals surface area contributed by atoms with Crippen LogP contribution in [0.1, 0.15) is 26.3 Å². The summed E-state index contributed by atoms with van der Waals surface area (Å²) in [7, 11) is 1.58. The first-order chi connectivity index (χ1) is 6.83. The molecule has 0 aromatic heterocycles. The molecule has 1 nitrogen and oxygen atoms in total. The molecule has 0 atom stereocenters. The second-order valence-electron chi connectivity index (χ2n) is 4.82. The fraction of sp³-hybridized carbons (Fsp3) is 0.500. The molecule has 0 spiro atoms. The van der Waals surface area contributed by atoms with Crippen molar-refractivity contribution in [3.8, 4) is 5.75 Å². The van der Waals surface area contributed by atoms with Gasteiger partial charge in [-0.1, -0.05) is 44.0 Å². The Morgan fingerprint density at radius 2 is 1.73 bits per heavy atom. The van der Waals surface area contributed by atoms with Gasteiger partial charge in [-0.2, -0.15) is 0 Å². The summed E-state index contributed by atoms with van der Waals surface area (Å²) in [5.74, 6) is 0.624. The SMILES string of the molecule is COc1cc(Cl)c(CC(C)(C)C)cc1Cl. The Kier molecular flexibility index (Phi) is 3.91. The first kappa shape index (κ1) is 12.7. The van der Waals surface area contributed by atoms with Crippen LogP contribution >= 0.6 is 23.2 Å². The van der Waals surface area contributed by atoms with Gasteiger partial charge in [-0.3, -0.25) is 0 Å². The Bertz CT molecular complexity index is 353. The Hall–Kier alpha value is -0.400. The van der Waals surface area contributed by atoms with E-state index in [0.29, 0.717) is 15.8 Å². The van der Waals surface area contributed by atoms with Gasteiger partial charge in [-0.25, -0.2) is 0 Å². The Balaban J connectivity index is 3.05. The van der Waals surface area contributed by atoms with Gasteiger partial charge >= 0.3 is 0 Å². The molecule has 1 aromatic carbocycles. The molecule has 0 aliphatic carbocycles. The third-order valence-corrected chi connectivity index (χ3v) is 2.69. The van der Waals surface area contributed by atoms with Crippen LogP contribution in [0.5, 0.6) is 5.75 Å². The Morgan fingerprint density at radius 1 is 1.13 bits per heavy atom. The highest BCUT2D eigenvalue weighted by Gasteiger charge is 2.15. The van der Waals surface area contributed by atoms with Crippen LogP contribution in [0.25, 0.3) is 0 Å². The van der Waals surface area contributed by atoms with Crippen molar-refractivity contribution in [3.05, 3.63) is 27.7 Å². The summed E-state index contributed by atoms with van der Waals surface area (Å²) in [5.41, 5.74) is 1.26. The highest BCUT2D eigenvalue weighted by molar-refractivity contribution is 6.34. The van der Waals surface area contributed by atoms with E-state index in [1.54, 1.807) is 13.2 Å². The van der Waals surface area contributed by atoms with Crippen LogP contribution in [0, 0.1) is 5.41 Å². The summed E-state index contributed by atoms with van der Waals surface area (Å²) in [5, 5.41) is 1.33. The van der Waals surface area contributed by atoms with E-state index >= 15 is 0 Å². The molecule has 0 N–H and O–H groups in total. The molecular formula is C12H16Cl2O. The van der Waals surface area contributed by atoms with Crippen molar-refractivity contribution in [3.63, 3.8) is 0 Å². The quantitative estimate of drug-likeness (QED) is 0.742. The lowest BCUT2D eigenvalue weighted by Gasteiger charge is -2.19. The summed E-state index contributed by atoms with van der Waals surface area (Å²) in [6.07, 6.45) is 0.898. The molecule has 0 saturated heterocycles. The number of benzene rings is 1. The van der Waals surface area contributed by atoms with E-state index < -0.39 is 0 Å². The van der Waals surface area contributed by atoms with Gasteiger partial charge in [0, 0.05) is 11.1 Å². The van der Waals surface area contributed by atoms with Crippen molar-refractivity contribution in [2.75, 3.05) is 7.11 Å². The average Bonchev–Trinajstić information content (AvgIpc) is 2.08. The van der Waals surface area contributed by atoms with E-state index in [2.05, 4.69) is 20.8 Å². The van der Waals surface area contributed by atoms with Gasteiger partial charge in [-0.05, 0) is 23.5 Å². The second kappa shape index (κ2) is 4.63. The largest absolute Gasteiger partial charge is 0.495 e. The van der Waals surface area contributed by atoms with Crippen LogP contribution in [-0.4, -0.2) is 7.11 Å². The molecule has 3 heteroatoms. The van der Waals surface area contributed by atoms with Crippen LogP contribution in [0.15, 0.2) is 12.1 Å². The molecule has 0 radical (unpaired) electrons. The molecule has 0 fully saturated rings. The van der Waals surface area contributed by atoms with Gasteiger partial charge < -0.3 is 4.74 Å². The number of ether oxygens (including phenoxy) is 1. The van der Waals surface area contributed by atoms with Gasteiger partial charge in [0.1, 0.15) is 5.75 Å². The zero-order valence-electron chi connectivity index (χ0n) is 9.53. The van der Waals surface area contributed by atoms with E-state index in [-0.39, 0.29) is 5.41 Å². The number of methoxy groups -OCH3 is 1. The molecule has 0 saturated carbocycles. The lowest BCUT2D eigenvalue weighted by molar-refractivity contribution is 0.406. The fourth-order valence-corrected chi connectivity index (χ4v) is 1.92. The highest BCUT2D eigenvalue weighted by Crippen LogP contribution is 2.34. The van der Waals surface area contributed by atoms with Crippen molar-refractivity contribution in [1.29, 1.82) is 0 Å². The number of hydrogen-bond donors (Lipinski definition) is 0. The third kappa shape index (κ3) is 3.58. The third-order valence-electron chi connectivity index (χ3n) is 2.04. The number of hydrogen-bond acceptors (Lipinski definition) is 1. The standard InChI is InChI=1S/C12H16Cl2O/c1-12(2,3)7-8-5-10(14)11(15-4)6-9(8)13/h5-6H,7H2,1-4H3. The molecule has 84 valence electrons. The maximum atomic E-state index is 6.15. The van der Waals surface area contributed by atoms with Crippen molar-refractivity contribution >= 4 is 23.2 Å². The van der Waals surface area contributed by atoms with Crippen molar-refractivity contribution < 1.29 is 4.74 Å². The first-order valence-corrected chi connectivity index (χ1v) is 5.61. The Morgan fingerprint density at radius 3 is 2.20 bits per heavy atom. The van der Waals surface area contributed by atoms with E-state index in [0.717, 1.165) is 12.0 Å². The zero-order chi connectivity index (χ0) is 11.6. The molecule has 0 bridgehead atoms. The van der Waals surface area contributed by atoms with Crippen molar-refractivity contribution in [2.45, 2.75) is 27.2 Å². The maximum absolute atomic E-state index is 6.15. The molecule has 1 rings (SSSR count). The topological polar surface area (TPSA) is 9.23 Å². The van der Waals surface area contributed by atoms with Crippen LogP contribution in [0.3, 0.4) is 0 Å². The second-order valence-corrected chi connectivity index (χ2v) is 5.63. The minimum atomic E-state index is 0.196. The maximum Gasteiger partial charge on any atom is 0.138 e. The molecule has 15 heavy (non-hydrogen) atoms. The normalized spacial score (nSPS) is 11.6. The van der Waals surface area contributed by atoms with E-state index in [9.17, 15) is 0 Å². The van der Waals surface area contributed by atoms with E-state index in [4.69, 9.17) is 27.9 Å². The zero-order valence-corrected chi connectivity index (χ0v) is 11.0. The Labute approximate surface area is 101 Å². The predicted octanol–water partition coefficient (Wildman–Crippen LogP) is 4.59. The van der Waals surface area contributed by atoms with Crippen molar-refractivity contribution in [2.24, 2.45) is 5.41 Å². The van der Waals surface area contributed by atoms with Gasteiger partial charge in [-0.15, -0.1) is 0 Å². The summed E-state index contributed by atoms with van der Waals surface area (Å²) < 4.78 is 5.09. The minimum Gasteiger partial charge on any atom is -0.495 e. The van der Waals surface area contributed by atoms with Crippen LogP contribution in [0.2, 0.25) is 10.0 Å². The van der Waals surface area contributed by atoms with Gasteiger partial charge in [0.25, 0.3) is 0 Å². The van der Waals surface area contributed by atoms with Crippen LogP contribution < -0.4 is 4.74 Å². The van der Waals surface area contributed by atoms with Gasteiger partial charge in [0.05, 0.1) is 12.1 Å². The van der Waals surface area contributed by atoms with Gasteiger partial charge in [0.15, 0.2) is 0 Å². The van der Waals surface area contributed by atoms with Crippen molar-refractivity contribution in [1.82, 2.24) is 0 Å².